The predicted molar refractivity (Wildman–Crippen MR) is 79.9 cm³/mol. The number of ether oxygens (including phenoxy) is 1. The summed E-state index contributed by atoms with van der Waals surface area (Å²) in [5.74, 6) is 0.555. The number of hydrogen-bond acceptors (Lipinski definition) is 2. The average molecular weight is 340 g/mol. The van der Waals surface area contributed by atoms with Crippen molar-refractivity contribution in [3.8, 4) is 5.75 Å². The fraction of sp³-hybridized carbons (Fsp3) is 0.133. The first-order valence-electron chi connectivity index (χ1n) is 5.74. The molecule has 0 atom stereocenters. The third kappa shape index (κ3) is 3.58. The molecule has 2 aromatic carbocycles. The van der Waals surface area contributed by atoms with Gasteiger partial charge in [-0.25, -0.2) is 0 Å². The maximum atomic E-state index is 11.4. The zero-order valence-electron chi connectivity index (χ0n) is 10.3. The molecule has 0 spiro atoms. The van der Waals surface area contributed by atoms with Crippen LogP contribution in [0.2, 0.25) is 5.02 Å². The molecule has 0 heterocycles. The van der Waals surface area contributed by atoms with E-state index in [0.29, 0.717) is 22.9 Å². The standard InChI is InChI=1S/C15H12BrClO2/c1-10(18)12-7-13(16)15(8-14(12)17)19-9-11-5-3-2-4-6-11/h2-8H,9H2,1H3. The Kier molecular flexibility index (Phi) is 4.61. The van der Waals surface area contributed by atoms with E-state index in [-0.39, 0.29) is 5.78 Å². The lowest BCUT2D eigenvalue weighted by molar-refractivity contribution is 0.101. The minimum atomic E-state index is -0.0692. The molecule has 2 nitrogen and oxygen atoms in total. The highest BCUT2D eigenvalue weighted by Gasteiger charge is 2.11. The molecule has 2 aromatic rings. The van der Waals surface area contributed by atoms with Gasteiger partial charge in [-0.3, -0.25) is 4.79 Å². The molecule has 0 aliphatic carbocycles. The van der Waals surface area contributed by atoms with Gasteiger partial charge in [0.25, 0.3) is 0 Å². The fourth-order valence-electron chi connectivity index (χ4n) is 1.64. The number of Topliss-reactive ketones (excluding diaryl/α,β-unsaturated/α-hetero) is 1. The van der Waals surface area contributed by atoms with Crippen LogP contribution in [-0.2, 0) is 6.61 Å². The van der Waals surface area contributed by atoms with Gasteiger partial charge in [-0.2, -0.15) is 0 Å². The summed E-state index contributed by atoms with van der Waals surface area (Å²) in [4.78, 5) is 11.4. The molecule has 0 unspecified atom stereocenters. The third-order valence-electron chi connectivity index (χ3n) is 2.64. The Hall–Kier alpha value is -1.32. The van der Waals surface area contributed by atoms with Crippen molar-refractivity contribution in [2.75, 3.05) is 0 Å². The Morgan fingerprint density at radius 2 is 1.95 bits per heavy atom. The molecule has 2 rings (SSSR count). The first-order valence-corrected chi connectivity index (χ1v) is 6.91. The van der Waals surface area contributed by atoms with E-state index in [1.807, 2.05) is 30.3 Å². The number of benzene rings is 2. The molecule has 0 saturated heterocycles. The van der Waals surface area contributed by atoms with Crippen LogP contribution in [0.4, 0.5) is 0 Å². The first-order chi connectivity index (χ1) is 9.08. The van der Waals surface area contributed by atoms with Crippen LogP contribution in [0, 0.1) is 0 Å². The van der Waals surface area contributed by atoms with E-state index >= 15 is 0 Å². The molecule has 0 saturated carbocycles. The van der Waals surface area contributed by atoms with E-state index in [9.17, 15) is 4.79 Å². The van der Waals surface area contributed by atoms with E-state index in [1.54, 1.807) is 12.1 Å². The predicted octanol–water partition coefficient (Wildman–Crippen LogP) is 4.88. The minimum absolute atomic E-state index is 0.0692. The number of rotatable bonds is 4. The highest BCUT2D eigenvalue weighted by Crippen LogP contribution is 2.32. The lowest BCUT2D eigenvalue weighted by atomic mass is 10.1. The van der Waals surface area contributed by atoms with Gasteiger partial charge in [0.05, 0.1) is 9.50 Å². The van der Waals surface area contributed by atoms with Crippen molar-refractivity contribution in [3.63, 3.8) is 0 Å². The van der Waals surface area contributed by atoms with Crippen LogP contribution in [0.3, 0.4) is 0 Å². The Bertz CT molecular complexity index is 597. The van der Waals surface area contributed by atoms with E-state index in [0.717, 1.165) is 10.0 Å². The fourth-order valence-corrected chi connectivity index (χ4v) is 2.39. The summed E-state index contributed by atoms with van der Waals surface area (Å²) in [6.07, 6.45) is 0. The maximum absolute atomic E-state index is 11.4. The Morgan fingerprint density at radius 3 is 2.58 bits per heavy atom. The van der Waals surface area contributed by atoms with Crippen molar-refractivity contribution >= 4 is 33.3 Å². The second-order valence-corrected chi connectivity index (χ2v) is 5.35. The molecule has 19 heavy (non-hydrogen) atoms. The summed E-state index contributed by atoms with van der Waals surface area (Å²) in [5.41, 5.74) is 1.56. The summed E-state index contributed by atoms with van der Waals surface area (Å²) in [5, 5.41) is 0.402. The van der Waals surface area contributed by atoms with Crippen molar-refractivity contribution in [1.29, 1.82) is 0 Å². The van der Waals surface area contributed by atoms with Gasteiger partial charge in [0, 0.05) is 11.6 Å². The highest BCUT2D eigenvalue weighted by molar-refractivity contribution is 9.10. The van der Waals surface area contributed by atoms with E-state index in [1.165, 1.54) is 6.92 Å². The topological polar surface area (TPSA) is 26.3 Å². The molecular formula is C15H12BrClO2. The Labute approximate surface area is 125 Å². The van der Waals surface area contributed by atoms with Crippen molar-refractivity contribution < 1.29 is 9.53 Å². The molecule has 0 fully saturated rings. The monoisotopic (exact) mass is 338 g/mol. The average Bonchev–Trinajstić information content (AvgIpc) is 2.40. The van der Waals surface area contributed by atoms with Crippen LogP contribution >= 0.6 is 27.5 Å². The maximum Gasteiger partial charge on any atom is 0.161 e. The van der Waals surface area contributed by atoms with Gasteiger partial charge in [-0.15, -0.1) is 0 Å². The summed E-state index contributed by atoms with van der Waals surface area (Å²) >= 11 is 9.44. The van der Waals surface area contributed by atoms with Crippen LogP contribution < -0.4 is 4.74 Å². The van der Waals surface area contributed by atoms with Gasteiger partial charge in [0.15, 0.2) is 5.78 Å². The molecule has 0 bridgehead atoms. The summed E-state index contributed by atoms with van der Waals surface area (Å²) in [6, 6.07) is 13.2. The number of carbonyl (C=O) groups is 1. The zero-order chi connectivity index (χ0) is 13.8. The SMILES string of the molecule is CC(=O)c1cc(Br)c(OCc2ccccc2)cc1Cl. The van der Waals surface area contributed by atoms with Crippen molar-refractivity contribution in [1.82, 2.24) is 0 Å². The van der Waals surface area contributed by atoms with Gasteiger partial charge in [-0.05, 0) is 34.5 Å². The zero-order valence-corrected chi connectivity index (χ0v) is 12.7. The molecule has 0 aliphatic heterocycles. The molecule has 0 N–H and O–H groups in total. The molecule has 0 aromatic heterocycles. The number of ketones is 1. The van der Waals surface area contributed by atoms with Crippen LogP contribution in [-0.4, -0.2) is 5.78 Å². The van der Waals surface area contributed by atoms with Crippen LogP contribution in [0.5, 0.6) is 5.75 Å². The molecule has 4 heteroatoms. The largest absolute Gasteiger partial charge is 0.488 e. The van der Waals surface area contributed by atoms with Gasteiger partial charge < -0.3 is 4.74 Å². The lowest BCUT2D eigenvalue weighted by Crippen LogP contribution is -1.99. The summed E-state index contributed by atoms with van der Waals surface area (Å²) in [7, 11) is 0. The smallest absolute Gasteiger partial charge is 0.161 e. The Balaban J connectivity index is 2.17. The van der Waals surface area contributed by atoms with Crippen LogP contribution in [0.1, 0.15) is 22.8 Å². The van der Waals surface area contributed by atoms with Gasteiger partial charge in [0.1, 0.15) is 12.4 Å². The summed E-state index contributed by atoms with van der Waals surface area (Å²) in [6.45, 7) is 1.94. The molecular weight excluding hydrogens is 328 g/mol. The van der Waals surface area contributed by atoms with E-state index in [4.69, 9.17) is 16.3 Å². The van der Waals surface area contributed by atoms with Gasteiger partial charge in [-0.1, -0.05) is 41.9 Å². The number of hydrogen-bond donors (Lipinski definition) is 0. The quantitative estimate of drug-likeness (QED) is 0.742. The summed E-state index contributed by atoms with van der Waals surface area (Å²) < 4.78 is 6.42. The van der Waals surface area contributed by atoms with Crippen molar-refractivity contribution in [3.05, 3.63) is 63.1 Å². The molecule has 0 aliphatic rings. The van der Waals surface area contributed by atoms with Crippen LogP contribution in [0.25, 0.3) is 0 Å². The molecule has 0 radical (unpaired) electrons. The lowest BCUT2D eigenvalue weighted by Gasteiger charge is -2.10. The van der Waals surface area contributed by atoms with E-state index < -0.39 is 0 Å². The highest BCUT2D eigenvalue weighted by atomic mass is 79.9. The molecule has 0 amide bonds. The number of carbonyl (C=O) groups excluding carboxylic acids is 1. The number of halogens is 2. The van der Waals surface area contributed by atoms with Crippen molar-refractivity contribution in [2.24, 2.45) is 0 Å². The second kappa shape index (κ2) is 6.22. The van der Waals surface area contributed by atoms with Crippen molar-refractivity contribution in [2.45, 2.75) is 13.5 Å². The Morgan fingerprint density at radius 1 is 1.26 bits per heavy atom. The van der Waals surface area contributed by atoms with Gasteiger partial charge in [0.2, 0.25) is 0 Å². The van der Waals surface area contributed by atoms with Crippen LogP contribution in [0.15, 0.2) is 46.9 Å². The second-order valence-electron chi connectivity index (χ2n) is 4.09. The molecule has 98 valence electrons. The third-order valence-corrected chi connectivity index (χ3v) is 3.57. The minimum Gasteiger partial charge on any atom is -0.488 e. The first kappa shape index (κ1) is 14.1. The normalized spacial score (nSPS) is 10.3. The van der Waals surface area contributed by atoms with Gasteiger partial charge >= 0.3 is 0 Å². The van der Waals surface area contributed by atoms with E-state index in [2.05, 4.69) is 15.9 Å².